The molecule has 1 aromatic heterocycles. The van der Waals surface area contributed by atoms with Crippen LogP contribution in [0.25, 0.3) is 0 Å². The molecule has 1 fully saturated rings. The van der Waals surface area contributed by atoms with Crippen molar-refractivity contribution in [3.63, 3.8) is 0 Å². The Balaban J connectivity index is 1.59. The van der Waals surface area contributed by atoms with Gasteiger partial charge in [-0.25, -0.2) is 18.4 Å². The van der Waals surface area contributed by atoms with Gasteiger partial charge in [-0.05, 0) is 36.1 Å². The monoisotopic (exact) mass is 359 g/mol. The lowest BCUT2D eigenvalue weighted by molar-refractivity contribution is 0.416. The first-order valence-electron chi connectivity index (χ1n) is 7.86. The molecule has 8 nitrogen and oxygen atoms in total. The molecule has 9 heteroatoms. The molecule has 25 heavy (non-hydrogen) atoms. The second-order valence-electron chi connectivity index (χ2n) is 5.98. The Bertz CT molecular complexity index is 954. The summed E-state index contributed by atoms with van der Waals surface area (Å²) in [6.07, 6.45) is 4.52. The van der Waals surface area contributed by atoms with E-state index in [2.05, 4.69) is 25.0 Å². The molecule has 1 aliphatic carbocycles. The number of sulfonamides is 1. The highest BCUT2D eigenvalue weighted by atomic mass is 32.2. The zero-order valence-electron chi connectivity index (χ0n) is 13.6. The SMILES string of the molecule is COc1cc2c(cc1Nc1cc(NS(=O)(=O)C3CC3)ncn1)C=NC2. The maximum Gasteiger partial charge on any atom is 0.236 e. The molecule has 1 aliphatic heterocycles. The molecule has 0 unspecified atom stereocenters. The minimum absolute atomic E-state index is 0.242. The number of anilines is 3. The zero-order valence-corrected chi connectivity index (χ0v) is 14.4. The molecular weight excluding hydrogens is 342 g/mol. The Hall–Kier alpha value is -2.68. The number of hydrogen-bond donors (Lipinski definition) is 2. The van der Waals surface area contributed by atoms with Gasteiger partial charge in [0.2, 0.25) is 10.0 Å². The van der Waals surface area contributed by atoms with E-state index in [4.69, 9.17) is 4.74 Å². The van der Waals surface area contributed by atoms with Crippen molar-refractivity contribution in [2.75, 3.05) is 17.1 Å². The Morgan fingerprint density at radius 1 is 1.16 bits per heavy atom. The Morgan fingerprint density at radius 2 is 1.96 bits per heavy atom. The summed E-state index contributed by atoms with van der Waals surface area (Å²) in [6.45, 7) is 0.645. The van der Waals surface area contributed by atoms with Crippen LogP contribution in [-0.2, 0) is 16.6 Å². The van der Waals surface area contributed by atoms with Gasteiger partial charge in [-0.3, -0.25) is 9.71 Å². The highest BCUT2D eigenvalue weighted by Gasteiger charge is 2.36. The van der Waals surface area contributed by atoms with Crippen LogP contribution < -0.4 is 14.8 Å². The number of rotatable bonds is 6. The Morgan fingerprint density at radius 3 is 2.72 bits per heavy atom. The normalized spacial score (nSPS) is 15.7. The van der Waals surface area contributed by atoms with Crippen molar-refractivity contribution in [1.29, 1.82) is 0 Å². The Kier molecular flexibility index (Phi) is 3.79. The number of fused-ring (bicyclic) bond motifs is 1. The fourth-order valence-corrected chi connectivity index (χ4v) is 3.96. The molecule has 130 valence electrons. The maximum atomic E-state index is 12.0. The van der Waals surface area contributed by atoms with E-state index in [-0.39, 0.29) is 11.1 Å². The number of hydrogen-bond acceptors (Lipinski definition) is 7. The molecule has 0 bridgehead atoms. The van der Waals surface area contributed by atoms with Crippen LogP contribution >= 0.6 is 0 Å². The van der Waals surface area contributed by atoms with Crippen LogP contribution in [0.1, 0.15) is 24.0 Å². The number of benzene rings is 1. The molecule has 2 aliphatic rings. The molecule has 1 aromatic carbocycles. The van der Waals surface area contributed by atoms with Crippen LogP contribution in [0.15, 0.2) is 29.5 Å². The predicted molar refractivity (Wildman–Crippen MR) is 95.2 cm³/mol. The van der Waals surface area contributed by atoms with Crippen molar-refractivity contribution in [1.82, 2.24) is 9.97 Å². The van der Waals surface area contributed by atoms with E-state index in [0.29, 0.717) is 31.0 Å². The number of aliphatic imine (C=N–C) groups is 1. The second-order valence-corrected chi connectivity index (χ2v) is 7.94. The van der Waals surface area contributed by atoms with Gasteiger partial charge in [0.15, 0.2) is 0 Å². The van der Waals surface area contributed by atoms with E-state index in [1.54, 1.807) is 13.2 Å². The summed E-state index contributed by atoms with van der Waals surface area (Å²) in [4.78, 5) is 12.4. The van der Waals surface area contributed by atoms with Crippen molar-refractivity contribution in [2.45, 2.75) is 24.6 Å². The minimum atomic E-state index is -3.36. The van der Waals surface area contributed by atoms with E-state index in [1.807, 2.05) is 18.3 Å². The molecule has 0 spiro atoms. The van der Waals surface area contributed by atoms with Gasteiger partial charge in [-0.15, -0.1) is 0 Å². The highest BCUT2D eigenvalue weighted by Crippen LogP contribution is 2.33. The van der Waals surface area contributed by atoms with Gasteiger partial charge in [0.25, 0.3) is 0 Å². The lowest BCUT2D eigenvalue weighted by Gasteiger charge is -2.13. The van der Waals surface area contributed by atoms with Crippen LogP contribution in [0, 0.1) is 0 Å². The van der Waals surface area contributed by atoms with Gasteiger partial charge >= 0.3 is 0 Å². The minimum Gasteiger partial charge on any atom is -0.495 e. The summed E-state index contributed by atoms with van der Waals surface area (Å²) in [7, 11) is -1.77. The predicted octanol–water partition coefficient (Wildman–Crippen LogP) is 2.07. The third kappa shape index (κ3) is 3.27. The first kappa shape index (κ1) is 15.8. The number of ether oxygens (including phenoxy) is 1. The Labute approximate surface area is 145 Å². The summed E-state index contributed by atoms with van der Waals surface area (Å²) < 4.78 is 32.0. The lowest BCUT2D eigenvalue weighted by atomic mass is 10.1. The molecule has 2 N–H and O–H groups in total. The summed E-state index contributed by atoms with van der Waals surface area (Å²) in [6, 6.07) is 5.42. The fraction of sp³-hybridized carbons (Fsp3) is 0.312. The first-order valence-corrected chi connectivity index (χ1v) is 9.41. The summed E-state index contributed by atoms with van der Waals surface area (Å²) in [5, 5.41) is 2.84. The van der Waals surface area contributed by atoms with Crippen LogP contribution in [0.4, 0.5) is 17.3 Å². The van der Waals surface area contributed by atoms with E-state index in [9.17, 15) is 8.42 Å². The van der Waals surface area contributed by atoms with Crippen LogP contribution in [0.5, 0.6) is 5.75 Å². The number of nitrogens with zero attached hydrogens (tertiary/aromatic N) is 3. The third-order valence-corrected chi connectivity index (χ3v) is 5.94. The maximum absolute atomic E-state index is 12.0. The van der Waals surface area contributed by atoms with Gasteiger partial charge in [0.1, 0.15) is 23.7 Å². The lowest BCUT2D eigenvalue weighted by Crippen LogP contribution is -2.18. The number of aromatic nitrogens is 2. The van der Waals surface area contributed by atoms with E-state index in [0.717, 1.165) is 16.8 Å². The average molecular weight is 359 g/mol. The molecular formula is C16H17N5O3S. The van der Waals surface area contributed by atoms with Crippen LogP contribution in [0.3, 0.4) is 0 Å². The van der Waals surface area contributed by atoms with Gasteiger partial charge in [0, 0.05) is 12.3 Å². The quantitative estimate of drug-likeness (QED) is 0.818. The van der Waals surface area contributed by atoms with Crippen molar-refractivity contribution < 1.29 is 13.2 Å². The molecule has 0 amide bonds. The molecule has 2 aromatic rings. The summed E-state index contributed by atoms with van der Waals surface area (Å²) in [5.74, 6) is 1.38. The van der Waals surface area contributed by atoms with E-state index >= 15 is 0 Å². The molecule has 0 atom stereocenters. The fourth-order valence-electron chi connectivity index (χ4n) is 2.63. The molecule has 0 radical (unpaired) electrons. The van der Waals surface area contributed by atoms with Gasteiger partial charge < -0.3 is 10.1 Å². The molecule has 2 heterocycles. The van der Waals surface area contributed by atoms with Crippen molar-refractivity contribution >= 4 is 33.6 Å². The van der Waals surface area contributed by atoms with Crippen molar-refractivity contribution in [3.8, 4) is 5.75 Å². The second kappa shape index (κ2) is 5.99. The van der Waals surface area contributed by atoms with Gasteiger partial charge in [-0.1, -0.05) is 0 Å². The van der Waals surface area contributed by atoms with Crippen LogP contribution in [-0.4, -0.2) is 37.0 Å². The topological polar surface area (TPSA) is 106 Å². The summed E-state index contributed by atoms with van der Waals surface area (Å²) in [5.41, 5.74) is 2.85. The number of nitrogens with one attached hydrogen (secondary N) is 2. The standard InChI is InChI=1S/C16H17N5O3S/c1-24-14-5-11-8-17-7-10(11)4-13(14)20-15-6-16(19-9-18-15)21-25(22,23)12-2-3-12/h4-7,9,12H,2-3,8H2,1H3,(H2,18,19,20,21). The van der Waals surface area contributed by atoms with Crippen molar-refractivity contribution in [3.05, 3.63) is 35.7 Å². The van der Waals surface area contributed by atoms with Crippen molar-refractivity contribution in [2.24, 2.45) is 4.99 Å². The van der Waals surface area contributed by atoms with Gasteiger partial charge in [-0.2, -0.15) is 0 Å². The number of methoxy groups -OCH3 is 1. The largest absolute Gasteiger partial charge is 0.495 e. The third-order valence-electron chi connectivity index (χ3n) is 4.09. The highest BCUT2D eigenvalue weighted by molar-refractivity contribution is 7.93. The molecule has 1 saturated carbocycles. The van der Waals surface area contributed by atoms with E-state index < -0.39 is 10.0 Å². The van der Waals surface area contributed by atoms with Crippen LogP contribution in [0.2, 0.25) is 0 Å². The summed E-state index contributed by atoms with van der Waals surface area (Å²) >= 11 is 0. The smallest absolute Gasteiger partial charge is 0.236 e. The average Bonchev–Trinajstić information content (AvgIpc) is 3.35. The van der Waals surface area contributed by atoms with E-state index in [1.165, 1.54) is 6.33 Å². The molecule has 0 saturated heterocycles. The molecule has 4 rings (SSSR count). The van der Waals surface area contributed by atoms with Gasteiger partial charge in [0.05, 0.1) is 24.6 Å². The zero-order chi connectivity index (χ0) is 17.4. The first-order chi connectivity index (χ1) is 12.0.